The molecule has 160 valence electrons. The summed E-state index contributed by atoms with van der Waals surface area (Å²) in [5, 5.41) is 1.53. The third-order valence-electron chi connectivity index (χ3n) is 5.30. The number of fused-ring (bicyclic) bond motifs is 1. The van der Waals surface area contributed by atoms with Gasteiger partial charge in [0.05, 0.1) is 5.56 Å². The standard InChI is InChI=1S/C26H23N3O3/c1-17-7-12-22(20(15-17)9-8-18-5-3-2-4-6-18)26(31)32-29-25(30)21-11-10-19-13-14-28-24(27)23(19)16-21/h2-7,10-16H,8-9H2,1H3,(H2,27,28)(H,29,30). The zero-order valence-corrected chi connectivity index (χ0v) is 17.7. The van der Waals surface area contributed by atoms with E-state index in [0.29, 0.717) is 28.8 Å². The summed E-state index contributed by atoms with van der Waals surface area (Å²) in [7, 11) is 0. The number of nitrogens with one attached hydrogen (secondary N) is 1. The first kappa shape index (κ1) is 21.1. The molecule has 0 atom stereocenters. The molecule has 0 unspecified atom stereocenters. The maximum Gasteiger partial charge on any atom is 0.363 e. The number of hydrogen-bond acceptors (Lipinski definition) is 5. The average molecular weight is 425 g/mol. The molecule has 32 heavy (non-hydrogen) atoms. The van der Waals surface area contributed by atoms with E-state index in [0.717, 1.165) is 22.9 Å². The van der Waals surface area contributed by atoms with Gasteiger partial charge in [0.25, 0.3) is 5.91 Å². The highest BCUT2D eigenvalue weighted by atomic mass is 16.7. The van der Waals surface area contributed by atoms with Crippen molar-refractivity contribution in [2.24, 2.45) is 0 Å². The lowest BCUT2D eigenvalue weighted by molar-refractivity contribution is 0.0229. The predicted octanol–water partition coefficient (Wildman–Crippen LogP) is 4.41. The highest BCUT2D eigenvalue weighted by molar-refractivity contribution is 6.01. The van der Waals surface area contributed by atoms with Crippen LogP contribution in [0.25, 0.3) is 10.8 Å². The van der Waals surface area contributed by atoms with Crippen molar-refractivity contribution in [3.63, 3.8) is 0 Å². The zero-order valence-electron chi connectivity index (χ0n) is 17.7. The number of nitrogen functional groups attached to an aromatic ring is 1. The van der Waals surface area contributed by atoms with Crippen molar-refractivity contribution in [3.8, 4) is 0 Å². The smallest absolute Gasteiger partial charge is 0.363 e. The second kappa shape index (κ2) is 9.31. The number of carbonyl (C=O) groups excluding carboxylic acids is 2. The number of hydrogen-bond donors (Lipinski definition) is 2. The van der Waals surface area contributed by atoms with Crippen LogP contribution in [0.4, 0.5) is 5.82 Å². The normalized spacial score (nSPS) is 10.7. The van der Waals surface area contributed by atoms with E-state index in [1.54, 1.807) is 30.5 Å². The summed E-state index contributed by atoms with van der Waals surface area (Å²) >= 11 is 0. The molecule has 4 aromatic rings. The van der Waals surface area contributed by atoms with Gasteiger partial charge in [-0.1, -0.05) is 54.1 Å². The van der Waals surface area contributed by atoms with Crippen LogP contribution in [0, 0.1) is 6.92 Å². The van der Waals surface area contributed by atoms with Gasteiger partial charge in [-0.2, -0.15) is 5.48 Å². The lowest BCUT2D eigenvalue weighted by Crippen LogP contribution is -2.27. The number of hydroxylamine groups is 1. The van der Waals surface area contributed by atoms with Crippen LogP contribution in [-0.4, -0.2) is 16.9 Å². The summed E-state index contributed by atoms with van der Waals surface area (Å²) in [4.78, 5) is 34.4. The van der Waals surface area contributed by atoms with Crippen LogP contribution < -0.4 is 11.2 Å². The van der Waals surface area contributed by atoms with Crippen molar-refractivity contribution < 1.29 is 14.4 Å². The predicted molar refractivity (Wildman–Crippen MR) is 124 cm³/mol. The monoisotopic (exact) mass is 425 g/mol. The van der Waals surface area contributed by atoms with E-state index in [9.17, 15) is 9.59 Å². The van der Waals surface area contributed by atoms with Gasteiger partial charge in [0.1, 0.15) is 5.82 Å². The second-order valence-electron chi connectivity index (χ2n) is 7.60. The molecule has 1 amide bonds. The largest absolute Gasteiger partial charge is 0.383 e. The quantitative estimate of drug-likeness (QED) is 0.462. The summed E-state index contributed by atoms with van der Waals surface area (Å²) in [6.45, 7) is 1.98. The number of carbonyl (C=O) groups is 2. The summed E-state index contributed by atoms with van der Waals surface area (Å²) in [5.41, 5.74) is 12.0. The molecule has 0 fully saturated rings. The molecule has 1 heterocycles. The Labute approximate surface area is 186 Å². The van der Waals surface area contributed by atoms with Crippen LogP contribution in [0.1, 0.15) is 37.4 Å². The van der Waals surface area contributed by atoms with Crippen molar-refractivity contribution in [2.75, 3.05) is 5.73 Å². The molecular weight excluding hydrogens is 402 g/mol. The van der Waals surface area contributed by atoms with Gasteiger partial charge in [0.2, 0.25) is 0 Å². The van der Waals surface area contributed by atoms with Crippen LogP contribution in [0.2, 0.25) is 0 Å². The van der Waals surface area contributed by atoms with Crippen LogP contribution in [0.15, 0.2) is 79.0 Å². The first-order valence-corrected chi connectivity index (χ1v) is 10.3. The highest BCUT2D eigenvalue weighted by Gasteiger charge is 2.16. The Balaban J connectivity index is 1.46. The highest BCUT2D eigenvalue weighted by Crippen LogP contribution is 2.20. The van der Waals surface area contributed by atoms with Gasteiger partial charge < -0.3 is 10.6 Å². The van der Waals surface area contributed by atoms with Crippen molar-refractivity contribution in [2.45, 2.75) is 19.8 Å². The van der Waals surface area contributed by atoms with Gasteiger partial charge in [0, 0.05) is 17.1 Å². The fourth-order valence-electron chi connectivity index (χ4n) is 3.59. The topological polar surface area (TPSA) is 94.3 Å². The molecule has 4 rings (SSSR count). The fourth-order valence-corrected chi connectivity index (χ4v) is 3.59. The maximum atomic E-state index is 12.7. The number of nitrogens with zero attached hydrogens (tertiary/aromatic N) is 1. The van der Waals surface area contributed by atoms with Gasteiger partial charge in [0.15, 0.2) is 0 Å². The van der Waals surface area contributed by atoms with Crippen LogP contribution in [0.5, 0.6) is 0 Å². The molecule has 0 radical (unpaired) electrons. The molecule has 0 bridgehead atoms. The van der Waals surface area contributed by atoms with E-state index >= 15 is 0 Å². The van der Waals surface area contributed by atoms with Crippen LogP contribution >= 0.6 is 0 Å². The lowest BCUT2D eigenvalue weighted by Gasteiger charge is -2.11. The number of aromatic nitrogens is 1. The SMILES string of the molecule is Cc1ccc(C(=O)ONC(=O)c2ccc3ccnc(N)c3c2)c(CCc2ccccc2)c1. The Morgan fingerprint density at radius 2 is 1.78 bits per heavy atom. The molecule has 0 aliphatic rings. The van der Waals surface area contributed by atoms with E-state index in [-0.39, 0.29) is 0 Å². The number of benzene rings is 3. The molecule has 6 heteroatoms. The molecule has 0 saturated heterocycles. The van der Waals surface area contributed by atoms with Gasteiger partial charge in [-0.3, -0.25) is 4.79 Å². The first-order valence-electron chi connectivity index (χ1n) is 10.3. The maximum absolute atomic E-state index is 12.7. The third kappa shape index (κ3) is 4.75. The minimum absolute atomic E-state index is 0.318. The van der Waals surface area contributed by atoms with E-state index in [1.165, 1.54) is 5.56 Å². The van der Waals surface area contributed by atoms with E-state index in [4.69, 9.17) is 10.6 Å². The summed E-state index contributed by atoms with van der Waals surface area (Å²) in [5.74, 6) is -0.818. The molecule has 0 aliphatic carbocycles. The number of pyridine rings is 1. The Hall–Kier alpha value is -4.19. The molecule has 6 nitrogen and oxygen atoms in total. The molecule has 0 saturated carbocycles. The van der Waals surface area contributed by atoms with Crippen LogP contribution in [-0.2, 0) is 17.7 Å². The Kier molecular flexibility index (Phi) is 6.12. The molecular formula is C26H23N3O3. The minimum atomic E-state index is -0.608. The number of nitrogens with two attached hydrogens (primary N) is 1. The van der Waals surface area contributed by atoms with Gasteiger partial charge in [-0.15, -0.1) is 0 Å². The molecule has 0 aliphatic heterocycles. The second-order valence-corrected chi connectivity index (χ2v) is 7.60. The van der Waals surface area contributed by atoms with Crippen molar-refractivity contribution in [3.05, 3.63) is 107 Å². The van der Waals surface area contributed by atoms with E-state index < -0.39 is 11.9 Å². The Morgan fingerprint density at radius 3 is 2.59 bits per heavy atom. The lowest BCUT2D eigenvalue weighted by atomic mass is 9.98. The summed E-state index contributed by atoms with van der Waals surface area (Å²) < 4.78 is 0. The molecule has 3 aromatic carbocycles. The van der Waals surface area contributed by atoms with Gasteiger partial charge >= 0.3 is 5.97 Å². The van der Waals surface area contributed by atoms with Crippen molar-refractivity contribution >= 4 is 28.5 Å². The Morgan fingerprint density at radius 1 is 0.969 bits per heavy atom. The van der Waals surface area contributed by atoms with Gasteiger partial charge in [-0.25, -0.2) is 9.78 Å². The summed E-state index contributed by atoms with van der Waals surface area (Å²) in [6, 6.07) is 22.5. The first-order chi connectivity index (χ1) is 15.5. The number of amides is 1. The minimum Gasteiger partial charge on any atom is -0.383 e. The third-order valence-corrected chi connectivity index (χ3v) is 5.30. The van der Waals surface area contributed by atoms with E-state index in [2.05, 4.69) is 22.6 Å². The molecule has 3 N–H and O–H groups in total. The molecule has 1 aromatic heterocycles. The van der Waals surface area contributed by atoms with Gasteiger partial charge in [-0.05, 0) is 60.5 Å². The van der Waals surface area contributed by atoms with Crippen LogP contribution in [0.3, 0.4) is 0 Å². The van der Waals surface area contributed by atoms with Crippen molar-refractivity contribution in [1.29, 1.82) is 0 Å². The fraction of sp³-hybridized carbons (Fsp3) is 0.115. The average Bonchev–Trinajstić information content (AvgIpc) is 2.82. The Bertz CT molecular complexity index is 1290. The van der Waals surface area contributed by atoms with E-state index in [1.807, 2.05) is 43.3 Å². The summed E-state index contributed by atoms with van der Waals surface area (Å²) in [6.07, 6.45) is 3.08. The van der Waals surface area contributed by atoms with Crippen molar-refractivity contribution in [1.82, 2.24) is 10.5 Å². The number of aryl methyl sites for hydroxylation is 3. The molecule has 0 spiro atoms. The number of rotatable bonds is 5. The number of anilines is 1. The zero-order chi connectivity index (χ0) is 22.5.